The van der Waals surface area contributed by atoms with Gasteiger partial charge < -0.3 is 7.80 Å². The van der Waals surface area contributed by atoms with Gasteiger partial charge in [-0.2, -0.15) is 0 Å². The molecule has 1 atom stereocenters. The molecule has 0 radical (unpaired) electrons. The minimum Gasteiger partial charge on any atom is -0.449 e. The van der Waals surface area contributed by atoms with Crippen LogP contribution in [0.4, 0.5) is 0 Å². The van der Waals surface area contributed by atoms with E-state index >= 15 is 0 Å². The zero-order chi connectivity index (χ0) is 15.2. The number of carbonyl (C=O) groups is 2. The number of hydrogen-bond acceptors (Lipinski definition) is 4. The lowest BCUT2D eigenvalue weighted by atomic mass is 9.99. The summed E-state index contributed by atoms with van der Waals surface area (Å²) in [7, 11) is 0. The van der Waals surface area contributed by atoms with E-state index in [4.69, 9.17) is 7.80 Å². The topological polar surface area (TPSA) is 52.6 Å². The Morgan fingerprint density at radius 2 is 1.76 bits per heavy atom. The summed E-state index contributed by atoms with van der Waals surface area (Å²) in [5, 5.41) is 0. The summed E-state index contributed by atoms with van der Waals surface area (Å²) in [6.07, 6.45) is -0.976. The van der Waals surface area contributed by atoms with Crippen molar-refractivity contribution >= 4 is 34.8 Å². The molecular weight excluding hydrogens is 383 g/mol. The SMILES string of the molecule is CC(=O)OC(C(=O)c1ccccc1)c1cccc(OI)c1. The van der Waals surface area contributed by atoms with Gasteiger partial charge in [-0.05, 0) is 12.1 Å². The van der Waals surface area contributed by atoms with Crippen LogP contribution in [0.25, 0.3) is 0 Å². The van der Waals surface area contributed by atoms with Crippen molar-refractivity contribution < 1.29 is 17.4 Å². The van der Waals surface area contributed by atoms with E-state index in [9.17, 15) is 9.59 Å². The van der Waals surface area contributed by atoms with Crippen molar-refractivity contribution in [3.63, 3.8) is 0 Å². The van der Waals surface area contributed by atoms with E-state index < -0.39 is 12.1 Å². The molecule has 0 aliphatic heterocycles. The second-order valence-corrected chi connectivity index (χ2v) is 4.81. The first-order valence-electron chi connectivity index (χ1n) is 6.27. The number of benzene rings is 2. The summed E-state index contributed by atoms with van der Waals surface area (Å²) in [5.74, 6) is -0.187. The highest BCUT2D eigenvalue weighted by Crippen LogP contribution is 2.26. The van der Waals surface area contributed by atoms with Gasteiger partial charge in [0.15, 0.2) is 29.1 Å². The third-order valence-electron chi connectivity index (χ3n) is 2.83. The van der Waals surface area contributed by atoms with Gasteiger partial charge in [-0.3, -0.25) is 9.59 Å². The zero-order valence-corrected chi connectivity index (χ0v) is 13.4. The molecule has 5 heteroatoms. The van der Waals surface area contributed by atoms with E-state index in [0.717, 1.165) is 0 Å². The maximum absolute atomic E-state index is 12.6. The number of ketones is 1. The van der Waals surface area contributed by atoms with Gasteiger partial charge >= 0.3 is 5.97 Å². The Hall–Kier alpha value is -1.89. The lowest BCUT2D eigenvalue weighted by Gasteiger charge is -2.16. The predicted octanol–water partition coefficient (Wildman–Crippen LogP) is 3.90. The minimum atomic E-state index is -0.976. The summed E-state index contributed by atoms with van der Waals surface area (Å²) < 4.78 is 10.3. The molecule has 1 unspecified atom stereocenters. The molecule has 4 nitrogen and oxygen atoms in total. The van der Waals surface area contributed by atoms with Crippen LogP contribution in [-0.4, -0.2) is 11.8 Å². The molecule has 108 valence electrons. The molecule has 0 amide bonds. The van der Waals surface area contributed by atoms with Crippen LogP contribution < -0.4 is 3.07 Å². The van der Waals surface area contributed by atoms with Crippen LogP contribution in [0.5, 0.6) is 5.75 Å². The maximum atomic E-state index is 12.6. The lowest BCUT2D eigenvalue weighted by molar-refractivity contribution is -0.144. The summed E-state index contributed by atoms with van der Waals surface area (Å²) in [4.78, 5) is 23.9. The molecule has 2 aromatic carbocycles. The molecule has 0 saturated carbocycles. The highest BCUT2D eigenvalue weighted by molar-refractivity contribution is 14.1. The molecule has 0 N–H and O–H groups in total. The van der Waals surface area contributed by atoms with Crippen LogP contribution in [0, 0.1) is 0 Å². The molecule has 0 aliphatic rings. The second kappa shape index (κ2) is 7.21. The highest BCUT2D eigenvalue weighted by Gasteiger charge is 2.25. The first kappa shape index (κ1) is 15.5. The summed E-state index contributed by atoms with van der Waals surface area (Å²) in [6, 6.07) is 15.7. The number of rotatable bonds is 5. The summed E-state index contributed by atoms with van der Waals surface area (Å²) in [6.45, 7) is 1.28. The number of esters is 1. The van der Waals surface area contributed by atoms with Gasteiger partial charge in [-0.25, -0.2) is 0 Å². The van der Waals surface area contributed by atoms with Crippen molar-refractivity contribution in [2.75, 3.05) is 0 Å². The van der Waals surface area contributed by atoms with Crippen molar-refractivity contribution in [2.45, 2.75) is 13.0 Å². The first-order chi connectivity index (χ1) is 10.1. The lowest BCUT2D eigenvalue weighted by Crippen LogP contribution is -2.18. The Kier molecular flexibility index (Phi) is 5.32. The van der Waals surface area contributed by atoms with Gasteiger partial charge in [-0.1, -0.05) is 42.5 Å². The number of Topliss-reactive ketones (excluding diaryl/α,β-unsaturated/α-hetero) is 1. The Morgan fingerprint density at radius 3 is 2.38 bits per heavy atom. The van der Waals surface area contributed by atoms with Gasteiger partial charge in [-0.15, -0.1) is 0 Å². The average Bonchev–Trinajstić information content (AvgIpc) is 2.52. The van der Waals surface area contributed by atoms with Crippen molar-refractivity contribution in [3.8, 4) is 5.75 Å². The van der Waals surface area contributed by atoms with E-state index in [-0.39, 0.29) is 5.78 Å². The van der Waals surface area contributed by atoms with Gasteiger partial charge in [0.1, 0.15) is 5.75 Å². The number of carbonyl (C=O) groups excluding carboxylic acids is 2. The van der Waals surface area contributed by atoms with Crippen LogP contribution in [0.1, 0.15) is 28.9 Å². The largest absolute Gasteiger partial charge is 0.449 e. The average molecular weight is 396 g/mol. The van der Waals surface area contributed by atoms with E-state index in [1.54, 1.807) is 71.5 Å². The van der Waals surface area contributed by atoms with Gasteiger partial charge in [0.2, 0.25) is 5.78 Å². The molecule has 0 aliphatic carbocycles. The first-order valence-corrected chi connectivity index (χ1v) is 7.15. The maximum Gasteiger partial charge on any atom is 0.303 e. The van der Waals surface area contributed by atoms with Gasteiger partial charge in [0, 0.05) is 18.1 Å². The number of halogens is 1. The molecule has 2 aromatic rings. The van der Waals surface area contributed by atoms with E-state index in [1.807, 2.05) is 6.07 Å². The van der Waals surface area contributed by atoms with Gasteiger partial charge in [0.25, 0.3) is 0 Å². The van der Waals surface area contributed by atoms with Crippen LogP contribution in [-0.2, 0) is 9.53 Å². The van der Waals surface area contributed by atoms with Crippen molar-refractivity contribution in [1.82, 2.24) is 0 Å². The second-order valence-electron chi connectivity index (χ2n) is 4.37. The smallest absolute Gasteiger partial charge is 0.303 e. The molecule has 0 spiro atoms. The van der Waals surface area contributed by atoms with E-state index in [1.165, 1.54) is 6.92 Å². The molecule has 0 saturated heterocycles. The molecule has 21 heavy (non-hydrogen) atoms. The Bertz CT molecular complexity index is 640. The minimum absolute atomic E-state index is 0.267. The van der Waals surface area contributed by atoms with Crippen molar-refractivity contribution in [3.05, 3.63) is 65.7 Å². The molecular formula is C16H13IO4. The molecule has 0 heterocycles. The third kappa shape index (κ3) is 4.04. The Balaban J connectivity index is 2.38. The number of hydrogen-bond donors (Lipinski definition) is 0. The van der Waals surface area contributed by atoms with Crippen molar-refractivity contribution in [1.29, 1.82) is 0 Å². The summed E-state index contributed by atoms with van der Waals surface area (Å²) >= 11 is 1.76. The van der Waals surface area contributed by atoms with Crippen LogP contribution in [0.15, 0.2) is 54.6 Å². The normalized spacial score (nSPS) is 11.5. The third-order valence-corrected chi connectivity index (χ3v) is 3.34. The Labute approximate surface area is 136 Å². The fourth-order valence-corrected chi connectivity index (χ4v) is 2.19. The Morgan fingerprint density at radius 1 is 1.05 bits per heavy atom. The molecule has 0 bridgehead atoms. The quantitative estimate of drug-likeness (QED) is 0.437. The fourth-order valence-electron chi connectivity index (χ4n) is 1.92. The van der Waals surface area contributed by atoms with Crippen LogP contribution in [0.3, 0.4) is 0 Å². The van der Waals surface area contributed by atoms with Crippen LogP contribution in [0.2, 0.25) is 0 Å². The number of ether oxygens (including phenoxy) is 1. The molecule has 2 rings (SSSR count). The monoisotopic (exact) mass is 396 g/mol. The van der Waals surface area contributed by atoms with E-state index in [2.05, 4.69) is 0 Å². The van der Waals surface area contributed by atoms with Crippen LogP contribution >= 0.6 is 23.0 Å². The highest BCUT2D eigenvalue weighted by atomic mass is 127. The predicted molar refractivity (Wildman–Crippen MR) is 86.4 cm³/mol. The standard InChI is InChI=1S/C16H13IO4/c1-11(18)20-16(13-8-5-9-14(10-13)21-17)15(19)12-6-3-2-4-7-12/h2-10,16H,1H3. The van der Waals surface area contributed by atoms with Gasteiger partial charge in [0.05, 0.1) is 0 Å². The summed E-state index contributed by atoms with van der Waals surface area (Å²) in [5.41, 5.74) is 1.07. The van der Waals surface area contributed by atoms with E-state index in [0.29, 0.717) is 16.9 Å². The zero-order valence-electron chi connectivity index (χ0n) is 11.3. The molecule has 0 fully saturated rings. The fraction of sp³-hybridized carbons (Fsp3) is 0.125. The van der Waals surface area contributed by atoms with Crippen molar-refractivity contribution in [2.24, 2.45) is 0 Å². The molecule has 0 aromatic heterocycles.